The molecule has 1 aliphatic carbocycles. The fourth-order valence-electron chi connectivity index (χ4n) is 7.85. The third-order valence-electron chi connectivity index (χ3n) is 10.1. The van der Waals surface area contributed by atoms with Crippen molar-refractivity contribution in [2.45, 2.75) is 0 Å². The van der Waals surface area contributed by atoms with E-state index in [1.165, 1.54) is 69.4 Å². The van der Waals surface area contributed by atoms with E-state index in [4.69, 9.17) is 15.0 Å². The molecule has 0 radical (unpaired) electrons. The van der Waals surface area contributed by atoms with Crippen molar-refractivity contribution in [2.24, 2.45) is 0 Å². The van der Waals surface area contributed by atoms with Crippen LogP contribution in [-0.4, -0.2) is 15.0 Å². The Kier molecular flexibility index (Phi) is 5.54. The van der Waals surface area contributed by atoms with Crippen molar-refractivity contribution in [1.82, 2.24) is 15.0 Å². The topological polar surface area (TPSA) is 38.7 Å². The molecule has 0 fully saturated rings. The van der Waals surface area contributed by atoms with Gasteiger partial charge in [0, 0.05) is 36.9 Å². The quantitative estimate of drug-likeness (QED) is 0.181. The zero-order valence-electron chi connectivity index (χ0n) is 26.2. The summed E-state index contributed by atoms with van der Waals surface area (Å²) in [6, 6.07) is 54.3. The van der Waals surface area contributed by atoms with Gasteiger partial charge in [0.2, 0.25) is 0 Å². The molecule has 0 amide bonds. The zero-order valence-corrected chi connectivity index (χ0v) is 27.0. The first-order chi connectivity index (χ1) is 24.3. The molecule has 4 heteroatoms. The number of aromatic nitrogens is 3. The molecule has 11 rings (SSSR count). The number of benzene rings is 8. The molecule has 3 nitrogen and oxygen atoms in total. The molecule has 0 bridgehead atoms. The van der Waals surface area contributed by atoms with Gasteiger partial charge in [-0.2, -0.15) is 0 Å². The maximum absolute atomic E-state index is 5.31. The average molecular weight is 640 g/mol. The summed E-state index contributed by atoms with van der Waals surface area (Å²) < 4.78 is 2.48. The molecule has 0 atom stereocenters. The minimum absolute atomic E-state index is 0.667. The van der Waals surface area contributed by atoms with E-state index >= 15 is 0 Å². The molecule has 0 saturated carbocycles. The first-order valence-corrected chi connectivity index (χ1v) is 17.3. The summed E-state index contributed by atoms with van der Waals surface area (Å²) in [6.45, 7) is 0. The van der Waals surface area contributed by atoms with Gasteiger partial charge in [-0.3, -0.25) is 0 Å². The highest BCUT2D eigenvalue weighted by molar-refractivity contribution is 7.26. The lowest BCUT2D eigenvalue weighted by atomic mass is 9.97. The van der Waals surface area contributed by atoms with Crippen LogP contribution >= 0.6 is 11.3 Å². The predicted octanol–water partition coefficient (Wildman–Crippen LogP) is 12.3. The van der Waals surface area contributed by atoms with Crippen LogP contribution < -0.4 is 0 Å². The summed E-state index contributed by atoms with van der Waals surface area (Å²) >= 11 is 1.83. The van der Waals surface area contributed by atoms with Crippen molar-refractivity contribution in [1.29, 1.82) is 0 Å². The number of nitrogens with zero attached hydrogens (tertiary/aromatic N) is 3. The van der Waals surface area contributed by atoms with Crippen molar-refractivity contribution in [3.8, 4) is 56.4 Å². The second-order valence-corrected chi connectivity index (χ2v) is 13.8. The lowest BCUT2D eigenvalue weighted by Crippen LogP contribution is -2.01. The number of thiophene rings is 1. The van der Waals surface area contributed by atoms with Crippen molar-refractivity contribution < 1.29 is 0 Å². The van der Waals surface area contributed by atoms with E-state index in [1.54, 1.807) is 0 Å². The SMILES string of the molecule is c1ccc(-c2nc(-c3ccc4c5c(cccc35)-c3ccccc3-4)nc(-c3cccc4sc5cc6ccc7ccccc7c6cc5c34)n2)cc1. The van der Waals surface area contributed by atoms with Crippen LogP contribution in [0.15, 0.2) is 152 Å². The molecule has 0 N–H and O–H groups in total. The molecule has 49 heavy (non-hydrogen) atoms. The second-order valence-electron chi connectivity index (χ2n) is 12.7. The fourth-order valence-corrected chi connectivity index (χ4v) is 9.01. The number of rotatable bonds is 3. The maximum Gasteiger partial charge on any atom is 0.164 e. The minimum atomic E-state index is 0.667. The van der Waals surface area contributed by atoms with Gasteiger partial charge in [-0.05, 0) is 78.8 Å². The zero-order chi connectivity index (χ0) is 32.1. The molecular formula is C45H25N3S. The maximum atomic E-state index is 5.31. The Morgan fingerprint density at radius 3 is 1.84 bits per heavy atom. The Balaban J connectivity index is 1.19. The highest BCUT2D eigenvalue weighted by atomic mass is 32.1. The standard InChI is InChI=1S/C45H25N3S/c1-2-11-27(12-3-1)43-46-44(35-23-22-34-31-15-7-6-14-30(31)32-16-8-17-33(35)41(32)34)48-45(47-43)36-18-9-19-39-42(36)38-25-37-28(24-40(38)49-39)21-20-26-10-4-5-13-29(26)37/h1-25H. The lowest BCUT2D eigenvalue weighted by molar-refractivity contribution is 1.08. The molecule has 2 aromatic heterocycles. The van der Waals surface area contributed by atoms with Crippen LogP contribution in [0.1, 0.15) is 0 Å². The molecule has 8 aromatic carbocycles. The smallest absolute Gasteiger partial charge is 0.164 e. The van der Waals surface area contributed by atoms with Crippen LogP contribution in [0.3, 0.4) is 0 Å². The summed E-state index contributed by atoms with van der Waals surface area (Å²) in [5.41, 5.74) is 8.06. The molecule has 226 valence electrons. The summed E-state index contributed by atoms with van der Waals surface area (Å²) in [7, 11) is 0. The van der Waals surface area contributed by atoms with E-state index in [1.807, 2.05) is 29.5 Å². The van der Waals surface area contributed by atoms with Crippen LogP contribution in [0.5, 0.6) is 0 Å². The molecule has 10 aromatic rings. The van der Waals surface area contributed by atoms with Crippen molar-refractivity contribution >= 4 is 63.8 Å². The van der Waals surface area contributed by atoms with E-state index in [0.717, 1.165) is 22.1 Å². The van der Waals surface area contributed by atoms with E-state index in [-0.39, 0.29) is 0 Å². The highest BCUT2D eigenvalue weighted by Crippen LogP contribution is 2.49. The first kappa shape index (κ1) is 26.8. The van der Waals surface area contributed by atoms with E-state index in [0.29, 0.717) is 17.5 Å². The van der Waals surface area contributed by atoms with Crippen LogP contribution in [0.4, 0.5) is 0 Å². The summed E-state index contributed by atoms with van der Waals surface area (Å²) in [5.74, 6) is 2.02. The summed E-state index contributed by atoms with van der Waals surface area (Å²) in [4.78, 5) is 15.7. The van der Waals surface area contributed by atoms with Gasteiger partial charge in [0.05, 0.1) is 0 Å². The van der Waals surface area contributed by atoms with Gasteiger partial charge in [0.1, 0.15) is 0 Å². The average Bonchev–Trinajstić information content (AvgIpc) is 3.70. The number of fused-ring (bicyclic) bond motifs is 9. The van der Waals surface area contributed by atoms with Gasteiger partial charge in [0.15, 0.2) is 17.5 Å². The van der Waals surface area contributed by atoms with E-state index in [2.05, 4.69) is 133 Å². The van der Waals surface area contributed by atoms with Crippen molar-refractivity contribution in [2.75, 3.05) is 0 Å². The van der Waals surface area contributed by atoms with Gasteiger partial charge >= 0.3 is 0 Å². The van der Waals surface area contributed by atoms with Crippen molar-refractivity contribution in [3.63, 3.8) is 0 Å². The molecule has 0 saturated heterocycles. The monoisotopic (exact) mass is 639 g/mol. The van der Waals surface area contributed by atoms with E-state index in [9.17, 15) is 0 Å². The Morgan fingerprint density at radius 2 is 0.959 bits per heavy atom. The summed E-state index contributed by atoms with van der Waals surface area (Å²) in [6.07, 6.45) is 0. The van der Waals surface area contributed by atoms with E-state index < -0.39 is 0 Å². The third kappa shape index (κ3) is 3.92. The summed E-state index contributed by atoms with van der Waals surface area (Å²) in [5, 5.41) is 9.85. The molecular weight excluding hydrogens is 615 g/mol. The second kappa shape index (κ2) is 10.1. The Bertz CT molecular complexity index is 2970. The lowest BCUT2D eigenvalue weighted by Gasteiger charge is -2.12. The van der Waals surface area contributed by atoms with Crippen LogP contribution in [0.2, 0.25) is 0 Å². The Hall–Kier alpha value is -6.23. The molecule has 1 aliphatic rings. The third-order valence-corrected chi connectivity index (χ3v) is 11.2. The van der Waals surface area contributed by atoms with Crippen LogP contribution in [0.25, 0.3) is 109 Å². The van der Waals surface area contributed by atoms with Crippen molar-refractivity contribution in [3.05, 3.63) is 152 Å². The normalized spacial score (nSPS) is 12.1. The fraction of sp³-hybridized carbons (Fsp3) is 0. The predicted molar refractivity (Wildman–Crippen MR) is 206 cm³/mol. The van der Waals surface area contributed by atoms with Crippen LogP contribution in [-0.2, 0) is 0 Å². The molecule has 0 unspecified atom stereocenters. The highest BCUT2D eigenvalue weighted by Gasteiger charge is 2.24. The largest absolute Gasteiger partial charge is 0.208 e. The Morgan fingerprint density at radius 1 is 0.327 bits per heavy atom. The molecule has 0 spiro atoms. The minimum Gasteiger partial charge on any atom is -0.208 e. The number of hydrogen-bond acceptors (Lipinski definition) is 4. The van der Waals surface area contributed by atoms with Gasteiger partial charge in [-0.1, -0.05) is 127 Å². The van der Waals surface area contributed by atoms with Gasteiger partial charge in [0.25, 0.3) is 0 Å². The molecule has 2 heterocycles. The van der Waals surface area contributed by atoms with Gasteiger partial charge in [-0.25, -0.2) is 15.0 Å². The first-order valence-electron chi connectivity index (χ1n) is 16.5. The van der Waals surface area contributed by atoms with Gasteiger partial charge in [-0.15, -0.1) is 11.3 Å². The Labute approximate surface area is 285 Å². The number of hydrogen-bond donors (Lipinski definition) is 0. The molecule has 0 aliphatic heterocycles. The van der Waals surface area contributed by atoms with Crippen LogP contribution in [0, 0.1) is 0 Å². The van der Waals surface area contributed by atoms with Gasteiger partial charge < -0.3 is 0 Å².